The van der Waals surface area contributed by atoms with Crippen molar-refractivity contribution < 1.29 is 9.53 Å². The van der Waals surface area contributed by atoms with E-state index in [4.69, 9.17) is 4.74 Å². The van der Waals surface area contributed by atoms with E-state index in [1.165, 1.54) is 25.7 Å². The van der Waals surface area contributed by atoms with Crippen LogP contribution in [0.15, 0.2) is 12.2 Å². The topological polar surface area (TPSA) is 26.3 Å². The molecule has 2 heteroatoms. The van der Waals surface area contributed by atoms with Gasteiger partial charge in [0.15, 0.2) is 0 Å². The third-order valence-corrected chi connectivity index (χ3v) is 2.52. The third kappa shape index (κ3) is 13.1. The third-order valence-electron chi connectivity index (χ3n) is 2.52. The van der Waals surface area contributed by atoms with Crippen LogP contribution in [0.2, 0.25) is 0 Å². The number of carbonyl (C=O) groups excluding carboxylic acids is 1. The standard InChI is InChI=1S/C15H28O2/c1-4-5-6-7-8-9-10-11-12-13-15(16)17-14(2)3/h5-6,14H,4,7-13H2,1-3H3/b6-5-. The van der Waals surface area contributed by atoms with Crippen molar-refractivity contribution in [3.63, 3.8) is 0 Å². The van der Waals surface area contributed by atoms with E-state index >= 15 is 0 Å². The molecule has 0 saturated carbocycles. The maximum atomic E-state index is 11.2. The van der Waals surface area contributed by atoms with Crippen molar-refractivity contribution in [3.05, 3.63) is 12.2 Å². The second-order valence-electron chi connectivity index (χ2n) is 4.72. The van der Waals surface area contributed by atoms with Crippen LogP contribution in [0.4, 0.5) is 0 Å². The lowest BCUT2D eigenvalue weighted by molar-refractivity contribution is -0.147. The van der Waals surface area contributed by atoms with E-state index in [9.17, 15) is 4.79 Å². The fraction of sp³-hybridized carbons (Fsp3) is 0.800. The molecule has 0 radical (unpaired) electrons. The van der Waals surface area contributed by atoms with Crippen LogP contribution in [-0.4, -0.2) is 12.1 Å². The van der Waals surface area contributed by atoms with Gasteiger partial charge in [-0.25, -0.2) is 0 Å². The molecule has 0 N–H and O–H groups in total. The lowest BCUT2D eigenvalue weighted by Crippen LogP contribution is -2.10. The monoisotopic (exact) mass is 240 g/mol. The molecule has 0 amide bonds. The van der Waals surface area contributed by atoms with Gasteiger partial charge in [-0.15, -0.1) is 0 Å². The van der Waals surface area contributed by atoms with E-state index in [2.05, 4.69) is 19.1 Å². The quantitative estimate of drug-likeness (QED) is 0.316. The van der Waals surface area contributed by atoms with Gasteiger partial charge in [0.25, 0.3) is 0 Å². The van der Waals surface area contributed by atoms with Crippen LogP contribution < -0.4 is 0 Å². The Hall–Kier alpha value is -0.790. The molecule has 100 valence electrons. The Kier molecular flexibility index (Phi) is 11.1. The average molecular weight is 240 g/mol. The van der Waals surface area contributed by atoms with Crippen LogP contribution in [0, 0.1) is 0 Å². The SMILES string of the molecule is CC/C=C\CCCCCCCC(=O)OC(C)C. The fourth-order valence-electron chi connectivity index (χ4n) is 1.67. The first kappa shape index (κ1) is 16.2. The molecule has 0 aromatic carbocycles. The van der Waals surface area contributed by atoms with Gasteiger partial charge in [-0.3, -0.25) is 4.79 Å². The highest BCUT2D eigenvalue weighted by molar-refractivity contribution is 5.69. The molecule has 0 bridgehead atoms. The van der Waals surface area contributed by atoms with E-state index in [0.717, 1.165) is 19.3 Å². The number of esters is 1. The number of allylic oxidation sites excluding steroid dienone is 2. The minimum atomic E-state index is -0.0501. The van der Waals surface area contributed by atoms with E-state index in [0.29, 0.717) is 6.42 Å². The van der Waals surface area contributed by atoms with E-state index < -0.39 is 0 Å². The number of ether oxygens (including phenoxy) is 1. The summed E-state index contributed by atoms with van der Waals surface area (Å²) in [6.07, 6.45) is 13.3. The van der Waals surface area contributed by atoms with Crippen LogP contribution in [0.1, 0.15) is 72.1 Å². The Morgan fingerprint density at radius 2 is 1.71 bits per heavy atom. The van der Waals surface area contributed by atoms with Crippen LogP contribution in [0.5, 0.6) is 0 Å². The molecule has 17 heavy (non-hydrogen) atoms. The lowest BCUT2D eigenvalue weighted by atomic mass is 10.1. The second kappa shape index (κ2) is 11.7. The highest BCUT2D eigenvalue weighted by Gasteiger charge is 2.04. The average Bonchev–Trinajstić information content (AvgIpc) is 2.26. The molecule has 0 aromatic heterocycles. The Morgan fingerprint density at radius 3 is 2.35 bits per heavy atom. The number of unbranched alkanes of at least 4 members (excludes halogenated alkanes) is 5. The summed E-state index contributed by atoms with van der Waals surface area (Å²) in [5.74, 6) is -0.0501. The smallest absolute Gasteiger partial charge is 0.306 e. The van der Waals surface area contributed by atoms with Crippen LogP contribution >= 0.6 is 0 Å². The summed E-state index contributed by atoms with van der Waals surface area (Å²) < 4.78 is 5.07. The maximum Gasteiger partial charge on any atom is 0.306 e. The molecule has 0 fully saturated rings. The Balaban J connectivity index is 3.18. The molecule has 0 rings (SSSR count). The molecule has 2 nitrogen and oxygen atoms in total. The first-order chi connectivity index (χ1) is 8.16. The van der Waals surface area contributed by atoms with Gasteiger partial charge >= 0.3 is 5.97 Å². The molecule has 0 saturated heterocycles. The Bertz CT molecular complexity index is 207. The molecule has 0 aliphatic rings. The van der Waals surface area contributed by atoms with Gasteiger partial charge in [0.2, 0.25) is 0 Å². The molecule has 0 spiro atoms. The van der Waals surface area contributed by atoms with Crippen molar-refractivity contribution >= 4 is 5.97 Å². The zero-order valence-corrected chi connectivity index (χ0v) is 11.7. The molecular formula is C15H28O2. The maximum absolute atomic E-state index is 11.2. The predicted molar refractivity (Wildman–Crippen MR) is 73.0 cm³/mol. The van der Waals surface area contributed by atoms with Crippen molar-refractivity contribution in [2.45, 2.75) is 78.2 Å². The summed E-state index contributed by atoms with van der Waals surface area (Å²) in [7, 11) is 0. The van der Waals surface area contributed by atoms with E-state index in [-0.39, 0.29) is 12.1 Å². The van der Waals surface area contributed by atoms with Gasteiger partial charge in [-0.05, 0) is 39.5 Å². The number of rotatable bonds is 10. The van der Waals surface area contributed by atoms with Crippen molar-refractivity contribution in [3.8, 4) is 0 Å². The highest BCUT2D eigenvalue weighted by atomic mass is 16.5. The molecule has 0 atom stereocenters. The predicted octanol–water partition coefficient (Wildman–Crippen LogP) is 4.63. The summed E-state index contributed by atoms with van der Waals surface area (Å²) in [6, 6.07) is 0. The van der Waals surface area contributed by atoms with Gasteiger partial charge in [-0.2, -0.15) is 0 Å². The highest BCUT2D eigenvalue weighted by Crippen LogP contribution is 2.08. The summed E-state index contributed by atoms with van der Waals surface area (Å²) in [5, 5.41) is 0. The van der Waals surface area contributed by atoms with E-state index in [1.807, 2.05) is 13.8 Å². The van der Waals surface area contributed by atoms with Crippen molar-refractivity contribution in [2.75, 3.05) is 0 Å². The van der Waals surface area contributed by atoms with Crippen molar-refractivity contribution in [1.82, 2.24) is 0 Å². The van der Waals surface area contributed by atoms with Gasteiger partial charge in [-0.1, -0.05) is 38.3 Å². The van der Waals surface area contributed by atoms with Gasteiger partial charge in [0, 0.05) is 6.42 Å². The molecule has 0 heterocycles. The largest absolute Gasteiger partial charge is 0.463 e. The first-order valence-electron chi connectivity index (χ1n) is 7.01. The lowest BCUT2D eigenvalue weighted by Gasteiger charge is -2.07. The van der Waals surface area contributed by atoms with Crippen molar-refractivity contribution in [1.29, 1.82) is 0 Å². The van der Waals surface area contributed by atoms with Crippen LogP contribution in [-0.2, 0) is 9.53 Å². The van der Waals surface area contributed by atoms with Gasteiger partial charge in [0.1, 0.15) is 0 Å². The van der Waals surface area contributed by atoms with Crippen molar-refractivity contribution in [2.24, 2.45) is 0 Å². The van der Waals surface area contributed by atoms with Crippen LogP contribution in [0.25, 0.3) is 0 Å². The molecule has 0 unspecified atom stereocenters. The normalized spacial score (nSPS) is 11.3. The fourth-order valence-corrected chi connectivity index (χ4v) is 1.67. The summed E-state index contributed by atoms with van der Waals surface area (Å²) in [4.78, 5) is 11.2. The van der Waals surface area contributed by atoms with E-state index in [1.54, 1.807) is 0 Å². The minimum Gasteiger partial charge on any atom is -0.463 e. The summed E-state index contributed by atoms with van der Waals surface area (Å²) >= 11 is 0. The molecule has 0 aromatic rings. The molecule has 0 aliphatic carbocycles. The molecular weight excluding hydrogens is 212 g/mol. The number of carbonyl (C=O) groups is 1. The Morgan fingerprint density at radius 1 is 1.06 bits per heavy atom. The second-order valence-corrected chi connectivity index (χ2v) is 4.72. The zero-order valence-electron chi connectivity index (χ0n) is 11.7. The summed E-state index contributed by atoms with van der Waals surface area (Å²) in [6.45, 7) is 5.94. The van der Waals surface area contributed by atoms with Gasteiger partial charge in [0.05, 0.1) is 6.10 Å². The first-order valence-corrected chi connectivity index (χ1v) is 7.01. The molecule has 0 aliphatic heterocycles. The number of hydrogen-bond acceptors (Lipinski definition) is 2. The zero-order chi connectivity index (χ0) is 12.9. The van der Waals surface area contributed by atoms with Gasteiger partial charge < -0.3 is 4.74 Å². The Labute approximate surface area is 106 Å². The van der Waals surface area contributed by atoms with Crippen LogP contribution in [0.3, 0.4) is 0 Å². The summed E-state index contributed by atoms with van der Waals surface area (Å²) in [5.41, 5.74) is 0. The minimum absolute atomic E-state index is 0.0212. The number of hydrogen-bond donors (Lipinski definition) is 0.